The monoisotopic (exact) mass is 387 g/mol. The van der Waals surface area contributed by atoms with Crippen LogP contribution >= 0.6 is 11.6 Å². The summed E-state index contributed by atoms with van der Waals surface area (Å²) in [5.74, 6) is 0.317. The molecule has 0 saturated heterocycles. The smallest absolute Gasteiger partial charge is 0.408 e. The summed E-state index contributed by atoms with van der Waals surface area (Å²) in [6, 6.07) is 5.33. The Balaban J connectivity index is 1.71. The topological polar surface area (TPSA) is 84.8 Å². The number of amides is 1. The van der Waals surface area contributed by atoms with Crippen LogP contribution in [0.5, 0.6) is 5.75 Å². The first kappa shape index (κ1) is 18.1. The van der Waals surface area contributed by atoms with Gasteiger partial charge in [0.25, 0.3) is 5.91 Å². The lowest BCUT2D eigenvalue weighted by Crippen LogP contribution is -2.25. The number of hydrogen-bond acceptors (Lipinski definition) is 4. The lowest BCUT2D eigenvalue weighted by Gasteiger charge is -2.05. The number of nitrogens with one attached hydrogen (secondary N) is 2. The predicted octanol–water partition coefficient (Wildman–Crippen LogP) is 2.91. The maximum atomic E-state index is 12.4. The molecule has 0 aliphatic heterocycles. The van der Waals surface area contributed by atoms with Gasteiger partial charge in [-0.15, -0.1) is 0 Å². The van der Waals surface area contributed by atoms with Gasteiger partial charge in [0.2, 0.25) is 0 Å². The molecule has 2 aromatic heterocycles. The molecule has 0 aliphatic rings. The van der Waals surface area contributed by atoms with Crippen LogP contribution in [0.3, 0.4) is 0 Å². The van der Waals surface area contributed by atoms with E-state index in [4.69, 9.17) is 16.3 Å². The number of benzene rings is 1. The maximum Gasteiger partial charge on any atom is 0.408 e. The zero-order valence-electron chi connectivity index (χ0n) is 13.4. The molecule has 0 fully saturated rings. The second-order valence-corrected chi connectivity index (χ2v) is 5.77. The van der Waals surface area contributed by atoms with Crippen molar-refractivity contribution in [3.63, 3.8) is 0 Å². The Morgan fingerprint density at radius 3 is 2.88 bits per heavy atom. The van der Waals surface area contributed by atoms with Crippen molar-refractivity contribution in [2.45, 2.75) is 19.3 Å². The number of hydrogen-bond donors (Lipinski definition) is 2. The quantitative estimate of drug-likeness (QED) is 0.705. The van der Waals surface area contributed by atoms with Crippen molar-refractivity contribution in [3.8, 4) is 5.75 Å². The summed E-state index contributed by atoms with van der Waals surface area (Å²) < 4.78 is 42.9. The van der Waals surface area contributed by atoms with Crippen LogP contribution in [-0.4, -0.2) is 38.9 Å². The van der Waals surface area contributed by atoms with Crippen molar-refractivity contribution < 1.29 is 22.7 Å². The Labute approximate surface area is 150 Å². The molecule has 11 heteroatoms. The first-order chi connectivity index (χ1) is 12.3. The minimum absolute atomic E-state index is 0.0130. The van der Waals surface area contributed by atoms with E-state index in [2.05, 4.69) is 20.4 Å². The number of aromatic amines is 1. The standard InChI is InChI=1S/C15H13ClF3N5O2/c1-26-10-4-2-3-9-13(10)22-11(21-9)5-20-14(25)12-8(16)6-24(23-12)7-15(17,18)19/h2-4,6H,5,7H2,1H3,(H,20,25)(H,21,22). The maximum absolute atomic E-state index is 12.4. The number of carbonyl (C=O) groups is 1. The summed E-state index contributed by atoms with van der Waals surface area (Å²) in [5.41, 5.74) is 1.04. The number of halogens is 4. The molecule has 0 aliphatic carbocycles. The lowest BCUT2D eigenvalue weighted by atomic mass is 10.3. The molecular formula is C15H13ClF3N5O2. The molecule has 2 heterocycles. The fourth-order valence-corrected chi connectivity index (χ4v) is 2.60. The Morgan fingerprint density at radius 2 is 2.19 bits per heavy atom. The van der Waals surface area contributed by atoms with E-state index < -0.39 is 18.6 Å². The molecule has 7 nitrogen and oxygen atoms in total. The molecule has 26 heavy (non-hydrogen) atoms. The van der Waals surface area contributed by atoms with Gasteiger partial charge in [0.1, 0.15) is 23.6 Å². The van der Waals surface area contributed by atoms with Crippen molar-refractivity contribution in [1.82, 2.24) is 25.1 Å². The third-order valence-electron chi connectivity index (χ3n) is 3.43. The molecular weight excluding hydrogens is 375 g/mol. The summed E-state index contributed by atoms with van der Waals surface area (Å²) in [6.07, 6.45) is -3.51. The van der Waals surface area contributed by atoms with Gasteiger partial charge >= 0.3 is 6.18 Å². The van der Waals surface area contributed by atoms with E-state index in [9.17, 15) is 18.0 Å². The molecule has 138 valence electrons. The highest BCUT2D eigenvalue weighted by molar-refractivity contribution is 6.33. The van der Waals surface area contributed by atoms with E-state index in [1.165, 1.54) is 7.11 Å². The van der Waals surface area contributed by atoms with Gasteiger partial charge in [-0.2, -0.15) is 18.3 Å². The molecule has 0 spiro atoms. The number of ether oxygens (including phenoxy) is 1. The number of imidazole rings is 1. The van der Waals surface area contributed by atoms with Crippen molar-refractivity contribution in [2.75, 3.05) is 7.11 Å². The van der Waals surface area contributed by atoms with E-state index in [1.807, 2.05) is 0 Å². The summed E-state index contributed by atoms with van der Waals surface area (Å²) >= 11 is 5.80. The minimum Gasteiger partial charge on any atom is -0.494 e. The van der Waals surface area contributed by atoms with E-state index in [1.54, 1.807) is 18.2 Å². The average molecular weight is 388 g/mol. The van der Waals surface area contributed by atoms with E-state index in [0.717, 1.165) is 11.7 Å². The number of fused-ring (bicyclic) bond motifs is 1. The van der Waals surface area contributed by atoms with Crippen molar-refractivity contribution in [3.05, 3.63) is 40.9 Å². The number of nitrogens with zero attached hydrogens (tertiary/aromatic N) is 3. The molecule has 0 saturated carbocycles. The van der Waals surface area contributed by atoms with Crippen LogP contribution < -0.4 is 10.1 Å². The number of para-hydroxylation sites is 1. The van der Waals surface area contributed by atoms with Crippen LogP contribution in [0.1, 0.15) is 16.3 Å². The van der Waals surface area contributed by atoms with Crippen LogP contribution in [0.4, 0.5) is 13.2 Å². The predicted molar refractivity (Wildman–Crippen MR) is 87.1 cm³/mol. The molecule has 1 amide bonds. The zero-order chi connectivity index (χ0) is 18.9. The first-order valence-corrected chi connectivity index (χ1v) is 7.74. The van der Waals surface area contributed by atoms with Crippen molar-refractivity contribution in [2.24, 2.45) is 0 Å². The molecule has 0 bridgehead atoms. The third kappa shape index (κ3) is 3.90. The van der Waals surface area contributed by atoms with Crippen molar-refractivity contribution >= 4 is 28.5 Å². The molecule has 0 radical (unpaired) electrons. The summed E-state index contributed by atoms with van der Waals surface area (Å²) in [5, 5.41) is 5.93. The number of aromatic nitrogens is 4. The zero-order valence-corrected chi connectivity index (χ0v) is 14.1. The second kappa shape index (κ2) is 6.87. The van der Waals surface area contributed by atoms with Gasteiger partial charge in [0.15, 0.2) is 5.69 Å². The van der Waals surface area contributed by atoms with Gasteiger partial charge in [-0.3, -0.25) is 9.48 Å². The van der Waals surface area contributed by atoms with Crippen LogP contribution in [0, 0.1) is 0 Å². The third-order valence-corrected chi connectivity index (χ3v) is 3.71. The van der Waals surface area contributed by atoms with Gasteiger partial charge in [0, 0.05) is 6.20 Å². The highest BCUT2D eigenvalue weighted by Crippen LogP contribution is 2.23. The van der Waals surface area contributed by atoms with Crippen LogP contribution in [0.25, 0.3) is 11.0 Å². The van der Waals surface area contributed by atoms with Gasteiger partial charge in [-0.25, -0.2) is 4.98 Å². The second-order valence-electron chi connectivity index (χ2n) is 5.36. The summed E-state index contributed by atoms with van der Waals surface area (Å²) in [4.78, 5) is 19.5. The van der Waals surface area contributed by atoms with Gasteiger partial charge in [0.05, 0.1) is 24.2 Å². The Hall–Kier alpha value is -2.75. The molecule has 3 aromatic rings. The van der Waals surface area contributed by atoms with Crippen molar-refractivity contribution in [1.29, 1.82) is 0 Å². The number of alkyl halides is 3. The number of rotatable bonds is 5. The fraction of sp³-hybridized carbons (Fsp3) is 0.267. The van der Waals surface area contributed by atoms with Crippen LogP contribution in [0.2, 0.25) is 5.02 Å². The molecule has 1 aromatic carbocycles. The number of carbonyl (C=O) groups excluding carboxylic acids is 1. The first-order valence-electron chi connectivity index (χ1n) is 7.36. The summed E-state index contributed by atoms with van der Waals surface area (Å²) in [6.45, 7) is -1.32. The Kier molecular flexibility index (Phi) is 4.77. The molecule has 3 rings (SSSR count). The molecule has 2 N–H and O–H groups in total. The fourth-order valence-electron chi connectivity index (χ4n) is 2.37. The highest BCUT2D eigenvalue weighted by atomic mass is 35.5. The minimum atomic E-state index is -4.46. The molecule has 0 atom stereocenters. The Morgan fingerprint density at radius 1 is 1.42 bits per heavy atom. The SMILES string of the molecule is COc1cccc2[nH]c(CNC(=O)c3nn(CC(F)(F)F)cc3Cl)nc12. The van der Waals surface area contributed by atoms with Gasteiger partial charge in [-0.05, 0) is 12.1 Å². The van der Waals surface area contributed by atoms with E-state index >= 15 is 0 Å². The number of methoxy groups -OCH3 is 1. The molecule has 0 unspecified atom stereocenters. The highest BCUT2D eigenvalue weighted by Gasteiger charge is 2.29. The van der Waals surface area contributed by atoms with Gasteiger partial charge in [-0.1, -0.05) is 17.7 Å². The Bertz CT molecular complexity index is 951. The normalized spacial score (nSPS) is 11.7. The van der Waals surface area contributed by atoms with Crippen LogP contribution in [-0.2, 0) is 13.1 Å². The summed E-state index contributed by atoms with van der Waals surface area (Å²) in [7, 11) is 1.52. The van der Waals surface area contributed by atoms with E-state index in [-0.39, 0.29) is 17.3 Å². The van der Waals surface area contributed by atoms with Crippen LogP contribution in [0.15, 0.2) is 24.4 Å². The largest absolute Gasteiger partial charge is 0.494 e. The van der Waals surface area contributed by atoms with E-state index in [0.29, 0.717) is 21.8 Å². The number of H-pyrrole nitrogens is 1. The average Bonchev–Trinajstić information content (AvgIpc) is 3.13. The van der Waals surface area contributed by atoms with Gasteiger partial charge < -0.3 is 15.0 Å². The lowest BCUT2D eigenvalue weighted by molar-refractivity contribution is -0.142.